The minimum atomic E-state index is 0.210. The molecule has 0 N–H and O–H groups in total. The molecule has 1 aromatic heterocycles. The topological polar surface area (TPSA) is 20.3 Å². The molecule has 1 fully saturated rings. The van der Waals surface area contributed by atoms with E-state index in [0.717, 1.165) is 29.6 Å². The van der Waals surface area contributed by atoms with Crippen molar-refractivity contribution >= 4 is 33.2 Å². The van der Waals surface area contributed by atoms with Crippen LogP contribution in [0.4, 0.5) is 0 Å². The Morgan fingerprint density at radius 2 is 2.38 bits per heavy atom. The fourth-order valence-corrected chi connectivity index (χ4v) is 3.62. The van der Waals surface area contributed by atoms with Crippen molar-refractivity contribution < 1.29 is 4.79 Å². The molecular weight excluding hydrogens is 286 g/mol. The van der Waals surface area contributed by atoms with Crippen molar-refractivity contribution in [2.24, 2.45) is 0 Å². The highest BCUT2D eigenvalue weighted by Gasteiger charge is 2.27. The Hall–Kier alpha value is -0.350. The van der Waals surface area contributed by atoms with E-state index in [1.807, 2.05) is 24.0 Å². The van der Waals surface area contributed by atoms with E-state index in [1.54, 1.807) is 11.3 Å². The average Bonchev–Trinajstić information content (AvgIpc) is 2.75. The molecule has 1 aliphatic rings. The lowest BCUT2D eigenvalue weighted by Crippen LogP contribution is -2.44. The summed E-state index contributed by atoms with van der Waals surface area (Å²) >= 11 is 5.10. The van der Waals surface area contributed by atoms with E-state index in [2.05, 4.69) is 15.9 Å². The molecule has 2 rings (SSSR count). The van der Waals surface area contributed by atoms with Crippen LogP contribution in [0.2, 0.25) is 0 Å². The third kappa shape index (κ3) is 2.48. The number of halogens is 1. The second kappa shape index (κ2) is 5.32. The summed E-state index contributed by atoms with van der Waals surface area (Å²) in [5.41, 5.74) is 0. The molecule has 0 spiro atoms. The van der Waals surface area contributed by atoms with Gasteiger partial charge >= 0.3 is 0 Å². The molecule has 0 saturated carbocycles. The molecule has 1 unspecified atom stereocenters. The Balaban J connectivity index is 2.13. The molecule has 16 heavy (non-hydrogen) atoms. The van der Waals surface area contributed by atoms with Crippen LogP contribution < -0.4 is 0 Å². The molecule has 1 amide bonds. The maximum Gasteiger partial charge on any atom is 0.264 e. The average molecular weight is 302 g/mol. The summed E-state index contributed by atoms with van der Waals surface area (Å²) in [4.78, 5) is 16.4. The molecule has 0 aliphatic carbocycles. The molecule has 2 nitrogen and oxygen atoms in total. The standard InChI is InChI=1S/C12H16BrNOS/c1-9-5-6-11(16-9)12(15)14-7-3-2-4-10(14)8-13/h5-6,10H,2-4,7-8H2,1H3. The van der Waals surface area contributed by atoms with Crippen LogP contribution in [0, 0.1) is 6.92 Å². The fraction of sp³-hybridized carbons (Fsp3) is 0.583. The zero-order chi connectivity index (χ0) is 11.5. The predicted molar refractivity (Wildman–Crippen MR) is 71.5 cm³/mol. The van der Waals surface area contributed by atoms with E-state index < -0.39 is 0 Å². The van der Waals surface area contributed by atoms with E-state index in [9.17, 15) is 4.79 Å². The number of piperidine rings is 1. The lowest BCUT2D eigenvalue weighted by Gasteiger charge is -2.34. The van der Waals surface area contributed by atoms with Crippen molar-refractivity contribution in [1.82, 2.24) is 4.90 Å². The number of alkyl halides is 1. The summed E-state index contributed by atoms with van der Waals surface area (Å²) in [6, 6.07) is 4.34. The lowest BCUT2D eigenvalue weighted by atomic mass is 10.0. The quantitative estimate of drug-likeness (QED) is 0.766. The monoisotopic (exact) mass is 301 g/mol. The summed E-state index contributed by atoms with van der Waals surface area (Å²) in [6.45, 7) is 2.95. The van der Waals surface area contributed by atoms with Crippen molar-refractivity contribution in [3.8, 4) is 0 Å². The van der Waals surface area contributed by atoms with Gasteiger partial charge in [-0.3, -0.25) is 4.79 Å². The maximum atomic E-state index is 12.3. The van der Waals surface area contributed by atoms with Crippen LogP contribution in [0.5, 0.6) is 0 Å². The Kier molecular flexibility index (Phi) is 4.03. The molecule has 88 valence electrons. The van der Waals surface area contributed by atoms with Gasteiger partial charge in [-0.05, 0) is 38.3 Å². The van der Waals surface area contributed by atoms with Crippen molar-refractivity contribution in [2.75, 3.05) is 11.9 Å². The molecule has 0 aromatic carbocycles. The second-order valence-corrected chi connectivity index (χ2v) is 6.15. The number of nitrogens with zero attached hydrogens (tertiary/aromatic N) is 1. The van der Waals surface area contributed by atoms with E-state index in [4.69, 9.17) is 0 Å². The summed E-state index contributed by atoms with van der Waals surface area (Å²) in [7, 11) is 0. The molecule has 0 bridgehead atoms. The van der Waals surface area contributed by atoms with Gasteiger partial charge in [-0.25, -0.2) is 0 Å². The van der Waals surface area contributed by atoms with E-state index in [1.165, 1.54) is 11.3 Å². The Labute approximate surface area is 109 Å². The third-order valence-corrected chi connectivity index (χ3v) is 4.75. The highest BCUT2D eigenvalue weighted by Crippen LogP contribution is 2.24. The van der Waals surface area contributed by atoms with Crippen molar-refractivity contribution in [3.63, 3.8) is 0 Å². The van der Waals surface area contributed by atoms with Crippen molar-refractivity contribution in [1.29, 1.82) is 0 Å². The van der Waals surface area contributed by atoms with Crippen LogP contribution in [-0.2, 0) is 0 Å². The maximum absolute atomic E-state index is 12.3. The van der Waals surface area contributed by atoms with Gasteiger partial charge in [-0.15, -0.1) is 11.3 Å². The van der Waals surface area contributed by atoms with Crippen LogP contribution in [0.3, 0.4) is 0 Å². The fourth-order valence-electron chi connectivity index (χ4n) is 2.12. The largest absolute Gasteiger partial charge is 0.334 e. The first-order valence-electron chi connectivity index (χ1n) is 5.65. The van der Waals surface area contributed by atoms with Crippen LogP contribution in [-0.4, -0.2) is 28.7 Å². The minimum absolute atomic E-state index is 0.210. The molecule has 1 aromatic rings. The predicted octanol–water partition coefficient (Wildman–Crippen LogP) is 3.45. The molecule has 1 aliphatic heterocycles. The SMILES string of the molecule is Cc1ccc(C(=O)N2CCCCC2CBr)s1. The normalized spacial score (nSPS) is 21.1. The number of thiophene rings is 1. The number of hydrogen-bond donors (Lipinski definition) is 0. The van der Waals surface area contributed by atoms with Gasteiger partial charge in [0, 0.05) is 22.8 Å². The van der Waals surface area contributed by atoms with Gasteiger partial charge in [0.05, 0.1) is 4.88 Å². The Morgan fingerprint density at radius 1 is 1.56 bits per heavy atom. The van der Waals surface area contributed by atoms with E-state index >= 15 is 0 Å². The molecule has 1 saturated heterocycles. The molecule has 1 atom stereocenters. The number of rotatable bonds is 2. The zero-order valence-corrected chi connectivity index (χ0v) is 11.8. The summed E-state index contributed by atoms with van der Waals surface area (Å²) in [5, 5.41) is 0.892. The van der Waals surface area contributed by atoms with Gasteiger partial charge in [0.2, 0.25) is 0 Å². The Morgan fingerprint density at radius 3 is 3.00 bits per heavy atom. The first-order valence-corrected chi connectivity index (χ1v) is 7.59. The van der Waals surface area contributed by atoms with Gasteiger partial charge < -0.3 is 4.90 Å². The van der Waals surface area contributed by atoms with Gasteiger partial charge in [-0.2, -0.15) is 0 Å². The Bertz CT molecular complexity index is 377. The number of likely N-dealkylation sites (tertiary alicyclic amines) is 1. The lowest BCUT2D eigenvalue weighted by molar-refractivity contribution is 0.0647. The number of amides is 1. The van der Waals surface area contributed by atoms with Crippen LogP contribution in [0.1, 0.15) is 33.8 Å². The minimum Gasteiger partial charge on any atom is -0.334 e. The summed E-state index contributed by atoms with van der Waals surface area (Å²) < 4.78 is 0. The molecular formula is C12H16BrNOS. The number of aryl methyl sites for hydroxylation is 1. The molecule has 0 radical (unpaired) electrons. The number of carbonyl (C=O) groups is 1. The summed E-state index contributed by atoms with van der Waals surface area (Å²) in [5.74, 6) is 0.210. The highest BCUT2D eigenvalue weighted by atomic mass is 79.9. The number of carbonyl (C=O) groups excluding carboxylic acids is 1. The van der Waals surface area contributed by atoms with Gasteiger partial charge in [0.15, 0.2) is 0 Å². The van der Waals surface area contributed by atoms with Crippen LogP contribution >= 0.6 is 27.3 Å². The van der Waals surface area contributed by atoms with Gasteiger partial charge in [0.1, 0.15) is 0 Å². The van der Waals surface area contributed by atoms with Crippen molar-refractivity contribution in [2.45, 2.75) is 32.2 Å². The van der Waals surface area contributed by atoms with Crippen LogP contribution in [0.15, 0.2) is 12.1 Å². The molecule has 2 heterocycles. The van der Waals surface area contributed by atoms with Gasteiger partial charge in [0.25, 0.3) is 5.91 Å². The van der Waals surface area contributed by atoms with E-state index in [0.29, 0.717) is 6.04 Å². The first kappa shape index (κ1) is 12.1. The van der Waals surface area contributed by atoms with Gasteiger partial charge in [-0.1, -0.05) is 15.9 Å². The van der Waals surface area contributed by atoms with Crippen LogP contribution in [0.25, 0.3) is 0 Å². The zero-order valence-electron chi connectivity index (χ0n) is 9.41. The van der Waals surface area contributed by atoms with E-state index in [-0.39, 0.29) is 5.91 Å². The number of hydrogen-bond acceptors (Lipinski definition) is 2. The second-order valence-electron chi connectivity index (χ2n) is 4.21. The molecule has 4 heteroatoms. The summed E-state index contributed by atoms with van der Waals surface area (Å²) in [6.07, 6.45) is 3.50. The smallest absolute Gasteiger partial charge is 0.264 e. The van der Waals surface area contributed by atoms with Crippen molar-refractivity contribution in [3.05, 3.63) is 21.9 Å². The highest BCUT2D eigenvalue weighted by molar-refractivity contribution is 9.09. The first-order chi connectivity index (χ1) is 7.72. The third-order valence-electron chi connectivity index (χ3n) is 3.02.